The van der Waals surface area contributed by atoms with Gasteiger partial charge in [0.05, 0.1) is 5.02 Å². The van der Waals surface area contributed by atoms with Crippen molar-refractivity contribution in [1.29, 1.82) is 0 Å². The van der Waals surface area contributed by atoms with E-state index in [0.717, 1.165) is 12.0 Å². The van der Waals surface area contributed by atoms with Crippen LogP contribution in [0.25, 0.3) is 0 Å². The van der Waals surface area contributed by atoms with Crippen molar-refractivity contribution in [2.75, 3.05) is 13.2 Å². The molecule has 2 atom stereocenters. The number of benzene rings is 1. The maximum Gasteiger partial charge on any atom is 0.148 e. The van der Waals surface area contributed by atoms with Crippen LogP contribution in [0.1, 0.15) is 17.9 Å². The number of hydrogen-bond donors (Lipinski definition) is 1. The molecule has 1 aliphatic rings. The van der Waals surface area contributed by atoms with Gasteiger partial charge in [0.1, 0.15) is 18.2 Å². The average molecular weight is 254 g/mol. The molecule has 17 heavy (non-hydrogen) atoms. The Morgan fingerprint density at radius 3 is 2.94 bits per heavy atom. The zero-order chi connectivity index (χ0) is 12.4. The van der Waals surface area contributed by atoms with Crippen molar-refractivity contribution in [3.8, 4) is 18.1 Å². The molecule has 2 rings (SSSR count). The van der Waals surface area contributed by atoms with Crippen LogP contribution in [0.2, 0.25) is 5.02 Å². The molecule has 2 unspecified atom stereocenters. The molecule has 0 bridgehead atoms. The summed E-state index contributed by atoms with van der Waals surface area (Å²) in [6.07, 6.45) is 6.12. The third-order valence-corrected chi connectivity index (χ3v) is 3.28. The van der Waals surface area contributed by atoms with Crippen molar-refractivity contribution in [3.05, 3.63) is 28.5 Å². The third-order valence-electron chi connectivity index (χ3n) is 2.99. The molecule has 1 aromatic carbocycles. The topological polar surface area (TPSA) is 35.2 Å². The van der Waals surface area contributed by atoms with E-state index in [1.807, 2.05) is 0 Å². The average Bonchev–Trinajstić information content (AvgIpc) is 3.09. The van der Waals surface area contributed by atoms with E-state index in [0.29, 0.717) is 24.1 Å². The van der Waals surface area contributed by atoms with Crippen LogP contribution in [0.3, 0.4) is 0 Å². The molecule has 0 aromatic heterocycles. The van der Waals surface area contributed by atoms with Crippen molar-refractivity contribution < 1.29 is 9.13 Å². The van der Waals surface area contributed by atoms with E-state index in [-0.39, 0.29) is 11.6 Å². The van der Waals surface area contributed by atoms with Crippen molar-refractivity contribution >= 4 is 11.6 Å². The molecule has 0 amide bonds. The molecule has 90 valence electrons. The zero-order valence-corrected chi connectivity index (χ0v) is 10.0. The Hall–Kier alpha value is -1.24. The predicted octanol–water partition coefficient (Wildman–Crippen LogP) is 2.55. The first-order valence-corrected chi connectivity index (χ1v) is 5.80. The predicted molar refractivity (Wildman–Crippen MR) is 65.6 cm³/mol. The van der Waals surface area contributed by atoms with Crippen LogP contribution in [-0.4, -0.2) is 13.2 Å². The van der Waals surface area contributed by atoms with Gasteiger partial charge in [-0.25, -0.2) is 4.39 Å². The lowest BCUT2D eigenvalue weighted by Gasteiger charge is -2.10. The fourth-order valence-electron chi connectivity index (χ4n) is 1.97. The van der Waals surface area contributed by atoms with Gasteiger partial charge in [-0.3, -0.25) is 0 Å². The fourth-order valence-corrected chi connectivity index (χ4v) is 2.14. The van der Waals surface area contributed by atoms with Gasteiger partial charge in [0.25, 0.3) is 0 Å². The molecule has 1 aliphatic carbocycles. The fraction of sp³-hybridized carbons (Fsp3) is 0.385. The summed E-state index contributed by atoms with van der Waals surface area (Å²) >= 11 is 5.78. The van der Waals surface area contributed by atoms with Crippen molar-refractivity contribution in [3.63, 3.8) is 0 Å². The van der Waals surface area contributed by atoms with Crippen molar-refractivity contribution in [2.45, 2.75) is 12.3 Å². The Balaban J connectivity index is 2.29. The number of halogens is 2. The zero-order valence-electron chi connectivity index (χ0n) is 9.25. The Kier molecular flexibility index (Phi) is 3.56. The van der Waals surface area contributed by atoms with Crippen molar-refractivity contribution in [2.24, 2.45) is 11.7 Å². The van der Waals surface area contributed by atoms with E-state index in [9.17, 15) is 4.39 Å². The van der Waals surface area contributed by atoms with Crippen LogP contribution in [0, 0.1) is 24.1 Å². The lowest BCUT2D eigenvalue weighted by molar-refractivity contribution is 0.363. The highest BCUT2D eigenvalue weighted by Gasteiger charge is 2.39. The van der Waals surface area contributed by atoms with E-state index < -0.39 is 5.82 Å². The quantitative estimate of drug-likeness (QED) is 0.837. The lowest BCUT2D eigenvalue weighted by atomic mass is 10.1. The Labute approximate surface area is 105 Å². The highest BCUT2D eigenvalue weighted by molar-refractivity contribution is 6.30. The molecular formula is C13H13ClFNO. The molecule has 0 saturated heterocycles. The van der Waals surface area contributed by atoms with Gasteiger partial charge in [-0.15, -0.1) is 6.42 Å². The summed E-state index contributed by atoms with van der Waals surface area (Å²) in [5.74, 6) is 3.09. The molecule has 0 heterocycles. The molecule has 0 spiro atoms. The summed E-state index contributed by atoms with van der Waals surface area (Å²) in [6.45, 7) is 0.738. The van der Waals surface area contributed by atoms with E-state index >= 15 is 0 Å². The minimum atomic E-state index is -0.493. The number of rotatable bonds is 4. The van der Waals surface area contributed by atoms with Gasteiger partial charge in [0, 0.05) is 6.07 Å². The Bertz CT molecular complexity index is 469. The first-order valence-electron chi connectivity index (χ1n) is 5.42. The van der Waals surface area contributed by atoms with Crippen molar-refractivity contribution in [1.82, 2.24) is 0 Å². The van der Waals surface area contributed by atoms with E-state index in [2.05, 4.69) is 5.92 Å². The van der Waals surface area contributed by atoms with Crippen LogP contribution < -0.4 is 10.5 Å². The highest BCUT2D eigenvalue weighted by atomic mass is 35.5. The molecule has 4 heteroatoms. The maximum absolute atomic E-state index is 13.4. The second-order valence-electron chi connectivity index (χ2n) is 4.13. The highest BCUT2D eigenvalue weighted by Crippen LogP contribution is 2.50. The summed E-state index contributed by atoms with van der Waals surface area (Å²) in [4.78, 5) is 0. The summed E-state index contributed by atoms with van der Waals surface area (Å²) < 4.78 is 18.7. The van der Waals surface area contributed by atoms with Crippen LogP contribution >= 0.6 is 11.6 Å². The monoisotopic (exact) mass is 253 g/mol. The Morgan fingerprint density at radius 1 is 1.59 bits per heavy atom. The Morgan fingerprint density at radius 2 is 2.35 bits per heavy atom. The standard InChI is InChI=1S/C13H13ClFNO/c1-2-3-17-13-6-12(15)11(14)5-10(13)9-4-8(9)7-16/h1,5-6,8-9H,3-4,7,16H2. The second-order valence-corrected chi connectivity index (χ2v) is 4.54. The molecular weight excluding hydrogens is 241 g/mol. The van der Waals surface area contributed by atoms with Gasteiger partial charge in [0.2, 0.25) is 0 Å². The first kappa shape index (κ1) is 12.2. The van der Waals surface area contributed by atoms with Gasteiger partial charge >= 0.3 is 0 Å². The summed E-state index contributed by atoms with van der Waals surface area (Å²) in [5, 5.41) is 0.107. The normalized spacial score (nSPS) is 22.0. The summed E-state index contributed by atoms with van der Waals surface area (Å²) in [5.41, 5.74) is 6.50. The second kappa shape index (κ2) is 4.95. The SMILES string of the molecule is C#CCOc1cc(F)c(Cl)cc1C1CC1CN. The molecule has 1 aromatic rings. The number of terminal acetylenes is 1. The van der Waals surface area contributed by atoms with Gasteiger partial charge in [-0.05, 0) is 36.4 Å². The van der Waals surface area contributed by atoms with Crippen LogP contribution in [-0.2, 0) is 0 Å². The van der Waals surface area contributed by atoms with Gasteiger partial charge in [-0.1, -0.05) is 17.5 Å². The number of hydrogen-bond acceptors (Lipinski definition) is 2. The summed E-state index contributed by atoms with van der Waals surface area (Å²) in [6, 6.07) is 2.91. The molecule has 0 radical (unpaired) electrons. The minimum absolute atomic E-state index is 0.107. The molecule has 0 aliphatic heterocycles. The van der Waals surface area contributed by atoms with Crippen LogP contribution in [0.5, 0.6) is 5.75 Å². The molecule has 1 saturated carbocycles. The van der Waals surface area contributed by atoms with Crippen LogP contribution in [0.15, 0.2) is 12.1 Å². The molecule has 2 N–H and O–H groups in total. The largest absolute Gasteiger partial charge is 0.481 e. The van der Waals surface area contributed by atoms with Gasteiger partial charge in [-0.2, -0.15) is 0 Å². The summed E-state index contributed by atoms with van der Waals surface area (Å²) in [7, 11) is 0. The van der Waals surface area contributed by atoms with E-state index in [1.54, 1.807) is 6.07 Å². The smallest absolute Gasteiger partial charge is 0.148 e. The van der Waals surface area contributed by atoms with Crippen LogP contribution in [0.4, 0.5) is 4.39 Å². The van der Waals surface area contributed by atoms with E-state index in [1.165, 1.54) is 6.07 Å². The number of ether oxygens (including phenoxy) is 1. The maximum atomic E-state index is 13.4. The van der Waals surface area contributed by atoms with Gasteiger partial charge in [0.15, 0.2) is 0 Å². The van der Waals surface area contributed by atoms with Gasteiger partial charge < -0.3 is 10.5 Å². The molecule has 1 fully saturated rings. The third kappa shape index (κ3) is 2.54. The molecule has 2 nitrogen and oxygen atoms in total. The first-order chi connectivity index (χ1) is 8.17. The van der Waals surface area contributed by atoms with E-state index in [4.69, 9.17) is 28.5 Å². The lowest BCUT2D eigenvalue weighted by Crippen LogP contribution is -2.04. The number of nitrogens with two attached hydrogens (primary N) is 1. The minimum Gasteiger partial charge on any atom is -0.481 e.